The number of methoxy groups -OCH3 is 1. The third-order valence-corrected chi connectivity index (χ3v) is 5.67. The molecule has 3 rings (SSSR count). The summed E-state index contributed by atoms with van der Waals surface area (Å²) in [6, 6.07) is 7.46. The van der Waals surface area contributed by atoms with Crippen molar-refractivity contribution in [2.45, 2.75) is 27.7 Å². The van der Waals surface area contributed by atoms with Crippen molar-refractivity contribution >= 4 is 27.2 Å². The standard InChI is InChI=1S/C20H20O3S/c1-10-6-7-15-17(13(4)24-20(15)18(10)21)19(22)14-8-11(2)12(3)16(9-14)23-5/h6-9,21H,1-5H3. The van der Waals surface area contributed by atoms with Crippen LogP contribution in [-0.4, -0.2) is 18.0 Å². The number of phenolic OH excluding ortho intramolecular Hbond substituents is 1. The van der Waals surface area contributed by atoms with Crippen molar-refractivity contribution in [2.24, 2.45) is 0 Å². The smallest absolute Gasteiger partial charge is 0.194 e. The Hall–Kier alpha value is -2.33. The largest absolute Gasteiger partial charge is 0.506 e. The summed E-state index contributed by atoms with van der Waals surface area (Å²) in [5.41, 5.74) is 4.15. The van der Waals surface area contributed by atoms with Crippen molar-refractivity contribution in [2.75, 3.05) is 7.11 Å². The van der Waals surface area contributed by atoms with E-state index < -0.39 is 0 Å². The van der Waals surface area contributed by atoms with Gasteiger partial charge in [0.15, 0.2) is 5.78 Å². The van der Waals surface area contributed by atoms with Gasteiger partial charge in [-0.15, -0.1) is 11.3 Å². The zero-order valence-corrected chi connectivity index (χ0v) is 15.3. The predicted octanol–water partition coefficient (Wildman–Crippen LogP) is 5.08. The highest BCUT2D eigenvalue weighted by atomic mass is 32.1. The summed E-state index contributed by atoms with van der Waals surface area (Å²) in [5, 5.41) is 11.1. The molecule has 0 spiro atoms. The number of ether oxygens (including phenoxy) is 1. The molecule has 0 amide bonds. The number of fused-ring (bicyclic) bond motifs is 1. The van der Waals surface area contributed by atoms with E-state index in [9.17, 15) is 9.90 Å². The maximum Gasteiger partial charge on any atom is 0.194 e. The van der Waals surface area contributed by atoms with Crippen LogP contribution in [0.2, 0.25) is 0 Å². The summed E-state index contributed by atoms with van der Waals surface area (Å²) in [7, 11) is 1.61. The van der Waals surface area contributed by atoms with E-state index in [1.807, 2.05) is 45.9 Å². The van der Waals surface area contributed by atoms with Crippen molar-refractivity contribution in [1.29, 1.82) is 0 Å². The summed E-state index contributed by atoms with van der Waals surface area (Å²) in [6.45, 7) is 7.74. The van der Waals surface area contributed by atoms with Gasteiger partial charge in [-0.05, 0) is 56.5 Å². The average Bonchev–Trinajstić information content (AvgIpc) is 2.89. The van der Waals surface area contributed by atoms with Crippen molar-refractivity contribution in [3.05, 3.63) is 57.0 Å². The Morgan fingerprint density at radius 2 is 1.79 bits per heavy atom. The third kappa shape index (κ3) is 2.47. The quantitative estimate of drug-likeness (QED) is 0.676. The van der Waals surface area contributed by atoms with Gasteiger partial charge in [0.25, 0.3) is 0 Å². The fourth-order valence-electron chi connectivity index (χ4n) is 2.96. The highest BCUT2D eigenvalue weighted by Gasteiger charge is 2.21. The molecule has 2 aromatic carbocycles. The Morgan fingerprint density at radius 1 is 1.08 bits per heavy atom. The molecular weight excluding hydrogens is 320 g/mol. The first-order chi connectivity index (χ1) is 11.3. The van der Waals surface area contributed by atoms with E-state index in [4.69, 9.17) is 4.74 Å². The van der Waals surface area contributed by atoms with Gasteiger partial charge in [-0.2, -0.15) is 0 Å². The molecule has 3 nitrogen and oxygen atoms in total. The Balaban J connectivity index is 2.22. The normalized spacial score (nSPS) is 11.0. The van der Waals surface area contributed by atoms with Crippen molar-refractivity contribution in [1.82, 2.24) is 0 Å². The van der Waals surface area contributed by atoms with E-state index >= 15 is 0 Å². The van der Waals surface area contributed by atoms with Crippen LogP contribution in [0.5, 0.6) is 11.5 Å². The lowest BCUT2D eigenvalue weighted by Crippen LogP contribution is -2.04. The van der Waals surface area contributed by atoms with Crippen molar-refractivity contribution in [3.63, 3.8) is 0 Å². The maximum absolute atomic E-state index is 13.1. The number of hydrogen-bond donors (Lipinski definition) is 1. The van der Waals surface area contributed by atoms with E-state index in [2.05, 4.69) is 0 Å². The predicted molar refractivity (Wildman–Crippen MR) is 98.9 cm³/mol. The summed E-state index contributed by atoms with van der Waals surface area (Å²) < 4.78 is 6.17. The molecule has 1 aromatic heterocycles. The van der Waals surface area contributed by atoms with E-state index in [0.717, 1.165) is 31.7 Å². The zero-order chi connectivity index (χ0) is 17.6. The van der Waals surface area contributed by atoms with E-state index in [1.54, 1.807) is 13.2 Å². The summed E-state index contributed by atoms with van der Waals surface area (Å²) in [6.07, 6.45) is 0. The van der Waals surface area contributed by atoms with Gasteiger partial charge in [0.05, 0.1) is 11.8 Å². The number of carbonyl (C=O) groups excluding carboxylic acids is 1. The Kier molecular flexibility index (Phi) is 4.10. The number of ketones is 1. The molecule has 0 aliphatic rings. The highest BCUT2D eigenvalue weighted by molar-refractivity contribution is 7.19. The van der Waals surface area contributed by atoms with E-state index in [-0.39, 0.29) is 11.5 Å². The highest BCUT2D eigenvalue weighted by Crippen LogP contribution is 2.39. The molecule has 0 aliphatic carbocycles. The maximum atomic E-state index is 13.1. The number of thiophene rings is 1. The number of benzene rings is 2. The minimum absolute atomic E-state index is 0.0385. The van der Waals surface area contributed by atoms with E-state index in [0.29, 0.717) is 16.9 Å². The summed E-state index contributed by atoms with van der Waals surface area (Å²) >= 11 is 1.46. The van der Waals surface area contributed by atoms with Gasteiger partial charge in [0.1, 0.15) is 11.5 Å². The second-order valence-corrected chi connectivity index (χ2v) is 7.32. The molecule has 0 bridgehead atoms. The molecule has 124 valence electrons. The van der Waals surface area contributed by atoms with Crippen LogP contribution in [0.25, 0.3) is 10.1 Å². The molecule has 24 heavy (non-hydrogen) atoms. The summed E-state index contributed by atoms with van der Waals surface area (Å²) in [5.74, 6) is 0.940. The minimum Gasteiger partial charge on any atom is -0.506 e. The van der Waals surface area contributed by atoms with Crippen LogP contribution in [-0.2, 0) is 0 Å². The lowest BCUT2D eigenvalue weighted by atomic mass is 9.96. The number of phenols is 1. The van der Waals surface area contributed by atoms with Crippen LogP contribution in [0.1, 0.15) is 37.5 Å². The van der Waals surface area contributed by atoms with Gasteiger partial charge in [-0.3, -0.25) is 4.79 Å². The van der Waals surface area contributed by atoms with Gasteiger partial charge in [0, 0.05) is 21.4 Å². The van der Waals surface area contributed by atoms with Gasteiger partial charge >= 0.3 is 0 Å². The molecule has 0 atom stereocenters. The molecule has 1 heterocycles. The van der Waals surface area contributed by atoms with Crippen LogP contribution in [0.15, 0.2) is 24.3 Å². The second kappa shape index (κ2) is 5.95. The lowest BCUT2D eigenvalue weighted by molar-refractivity contribution is 0.103. The molecule has 1 N–H and O–H groups in total. The monoisotopic (exact) mass is 340 g/mol. The number of aromatic hydroxyl groups is 1. The first-order valence-corrected chi connectivity index (χ1v) is 8.58. The Morgan fingerprint density at radius 3 is 2.46 bits per heavy atom. The fourth-order valence-corrected chi connectivity index (χ4v) is 4.11. The molecule has 0 fully saturated rings. The van der Waals surface area contributed by atoms with E-state index in [1.165, 1.54) is 11.3 Å². The zero-order valence-electron chi connectivity index (χ0n) is 14.5. The van der Waals surface area contributed by atoms with Crippen LogP contribution in [0.3, 0.4) is 0 Å². The topological polar surface area (TPSA) is 46.5 Å². The van der Waals surface area contributed by atoms with Crippen molar-refractivity contribution in [3.8, 4) is 11.5 Å². The van der Waals surface area contributed by atoms with Gasteiger partial charge in [-0.25, -0.2) is 0 Å². The van der Waals surface area contributed by atoms with Crippen LogP contribution in [0, 0.1) is 27.7 Å². The molecular formula is C20H20O3S. The Labute approximate surface area is 145 Å². The van der Waals surface area contributed by atoms with Gasteiger partial charge < -0.3 is 9.84 Å². The number of aryl methyl sites for hydroxylation is 3. The molecule has 0 aliphatic heterocycles. The molecule has 3 aromatic rings. The number of rotatable bonds is 3. The molecule has 0 unspecified atom stereocenters. The first-order valence-electron chi connectivity index (χ1n) is 7.76. The number of hydrogen-bond acceptors (Lipinski definition) is 4. The summed E-state index contributed by atoms with van der Waals surface area (Å²) in [4.78, 5) is 14.0. The first kappa shape index (κ1) is 16.5. The van der Waals surface area contributed by atoms with Crippen LogP contribution < -0.4 is 4.74 Å². The SMILES string of the molecule is COc1cc(C(=O)c2c(C)sc3c(O)c(C)ccc23)cc(C)c1C. The minimum atomic E-state index is -0.0385. The molecule has 4 heteroatoms. The molecule has 0 radical (unpaired) electrons. The van der Waals surface area contributed by atoms with Gasteiger partial charge in [-0.1, -0.05) is 12.1 Å². The Bertz CT molecular complexity index is 967. The fraction of sp³-hybridized carbons (Fsp3) is 0.250. The average molecular weight is 340 g/mol. The lowest BCUT2D eigenvalue weighted by Gasteiger charge is -2.11. The third-order valence-electron chi connectivity index (χ3n) is 4.54. The van der Waals surface area contributed by atoms with Crippen LogP contribution in [0.4, 0.5) is 0 Å². The second-order valence-electron chi connectivity index (χ2n) is 6.09. The van der Waals surface area contributed by atoms with Crippen LogP contribution >= 0.6 is 11.3 Å². The number of carbonyl (C=O) groups is 1. The molecule has 0 saturated carbocycles. The molecule has 0 saturated heterocycles. The van der Waals surface area contributed by atoms with Crippen molar-refractivity contribution < 1.29 is 14.6 Å². The van der Waals surface area contributed by atoms with Gasteiger partial charge in [0.2, 0.25) is 0 Å².